The van der Waals surface area contributed by atoms with E-state index >= 15 is 0 Å². The Morgan fingerprint density at radius 1 is 0.370 bits per heavy atom. The Labute approximate surface area is 336 Å². The molecule has 0 heterocycles. The number of unbranched alkanes of at least 4 members (excludes halogenated alkanes) is 23. The van der Waals surface area contributed by atoms with E-state index in [1.165, 1.54) is 135 Å². The van der Waals surface area contributed by atoms with Crippen LogP contribution in [0.2, 0.25) is 0 Å². The largest absolute Gasteiger partial charge is 0.462 e. The van der Waals surface area contributed by atoms with Crippen molar-refractivity contribution in [2.24, 2.45) is 17.8 Å². The van der Waals surface area contributed by atoms with Gasteiger partial charge in [-0.1, -0.05) is 215 Å². The summed E-state index contributed by atoms with van der Waals surface area (Å²) in [6.07, 6.45) is 36.6. The third-order valence-electron chi connectivity index (χ3n) is 11.0. The van der Waals surface area contributed by atoms with Crippen molar-refractivity contribution in [2.45, 2.75) is 260 Å². The first-order valence-electron chi connectivity index (χ1n) is 23.6. The van der Waals surface area contributed by atoms with Crippen molar-refractivity contribution in [1.82, 2.24) is 0 Å². The van der Waals surface area contributed by atoms with Crippen molar-refractivity contribution in [3.05, 3.63) is 0 Å². The number of rotatable bonds is 41. The van der Waals surface area contributed by atoms with Gasteiger partial charge in [0.2, 0.25) is 0 Å². The minimum Gasteiger partial charge on any atom is -0.462 e. The molecule has 0 rings (SSSR count). The van der Waals surface area contributed by atoms with Gasteiger partial charge in [0, 0.05) is 19.3 Å². The average molecular weight is 765 g/mol. The third kappa shape index (κ3) is 40.1. The lowest BCUT2D eigenvalue weighted by atomic mass is 9.99. The fourth-order valence-electron chi connectivity index (χ4n) is 7.02. The van der Waals surface area contributed by atoms with Crippen LogP contribution < -0.4 is 0 Å². The molecule has 0 radical (unpaired) electrons. The van der Waals surface area contributed by atoms with E-state index in [4.69, 9.17) is 14.2 Å². The van der Waals surface area contributed by atoms with Crippen LogP contribution in [-0.2, 0) is 28.6 Å². The zero-order valence-corrected chi connectivity index (χ0v) is 37.0. The molecule has 0 saturated heterocycles. The Morgan fingerprint density at radius 2 is 0.648 bits per heavy atom. The lowest BCUT2D eigenvalue weighted by molar-refractivity contribution is -0.167. The van der Waals surface area contributed by atoms with Crippen LogP contribution in [0, 0.1) is 17.8 Å². The number of carbonyl (C=O) groups is 3. The van der Waals surface area contributed by atoms with Crippen LogP contribution >= 0.6 is 0 Å². The molecule has 0 aliphatic carbocycles. The summed E-state index contributed by atoms with van der Waals surface area (Å²) < 4.78 is 16.7. The van der Waals surface area contributed by atoms with Gasteiger partial charge in [0.1, 0.15) is 13.2 Å². The van der Waals surface area contributed by atoms with Gasteiger partial charge in [-0.3, -0.25) is 14.4 Å². The summed E-state index contributed by atoms with van der Waals surface area (Å²) in [5, 5.41) is 0. The van der Waals surface area contributed by atoms with Gasteiger partial charge in [-0.15, -0.1) is 0 Å². The number of esters is 3. The molecule has 0 spiro atoms. The second kappa shape index (κ2) is 39.6. The minimum absolute atomic E-state index is 0.0664. The Kier molecular flexibility index (Phi) is 38.5. The van der Waals surface area contributed by atoms with Crippen molar-refractivity contribution in [2.75, 3.05) is 13.2 Å². The summed E-state index contributed by atoms with van der Waals surface area (Å²) >= 11 is 0. The van der Waals surface area contributed by atoms with E-state index in [1.54, 1.807) is 0 Å². The first-order chi connectivity index (χ1) is 26.1. The van der Waals surface area contributed by atoms with Crippen LogP contribution in [0.25, 0.3) is 0 Å². The van der Waals surface area contributed by atoms with Gasteiger partial charge in [-0.25, -0.2) is 0 Å². The van der Waals surface area contributed by atoms with Crippen molar-refractivity contribution in [1.29, 1.82) is 0 Å². The smallest absolute Gasteiger partial charge is 0.306 e. The molecule has 0 bridgehead atoms. The van der Waals surface area contributed by atoms with E-state index < -0.39 is 6.10 Å². The van der Waals surface area contributed by atoms with E-state index in [1.807, 2.05) is 0 Å². The molecular weight excluding hydrogens is 673 g/mol. The molecule has 54 heavy (non-hydrogen) atoms. The monoisotopic (exact) mass is 765 g/mol. The second-order valence-corrected chi connectivity index (χ2v) is 17.6. The molecule has 0 fully saturated rings. The Morgan fingerprint density at radius 3 is 0.963 bits per heavy atom. The van der Waals surface area contributed by atoms with E-state index in [2.05, 4.69) is 41.5 Å². The number of hydrogen-bond donors (Lipinski definition) is 0. The average Bonchev–Trinajstić information content (AvgIpc) is 3.14. The van der Waals surface area contributed by atoms with Gasteiger partial charge >= 0.3 is 17.9 Å². The van der Waals surface area contributed by atoms with Crippen LogP contribution in [0.3, 0.4) is 0 Å². The highest BCUT2D eigenvalue weighted by atomic mass is 16.6. The molecule has 1 unspecified atom stereocenters. The van der Waals surface area contributed by atoms with E-state index in [9.17, 15) is 14.4 Å². The lowest BCUT2D eigenvalue weighted by Gasteiger charge is -2.18. The molecule has 0 aliphatic rings. The van der Waals surface area contributed by atoms with Gasteiger partial charge in [0.25, 0.3) is 0 Å². The van der Waals surface area contributed by atoms with Gasteiger partial charge in [-0.2, -0.15) is 0 Å². The maximum absolute atomic E-state index is 12.7. The maximum Gasteiger partial charge on any atom is 0.306 e. The molecule has 0 aromatic heterocycles. The van der Waals surface area contributed by atoms with Crippen LogP contribution in [0.4, 0.5) is 0 Å². The summed E-state index contributed by atoms with van der Waals surface area (Å²) in [6.45, 7) is 13.6. The van der Waals surface area contributed by atoms with Crippen molar-refractivity contribution < 1.29 is 28.6 Å². The van der Waals surface area contributed by atoms with Crippen LogP contribution in [0.1, 0.15) is 253 Å². The SMILES string of the molecule is CCC(C)CCCCCCCCCCC(=O)OC[C@H](COC(=O)CCCCCCCCCC(C)C)OC(=O)CCCCCCCCCCCCCC(C)C. The molecular formula is C48H92O6. The Hall–Kier alpha value is -1.59. The summed E-state index contributed by atoms with van der Waals surface area (Å²) in [5.41, 5.74) is 0. The van der Waals surface area contributed by atoms with Crippen LogP contribution in [0.15, 0.2) is 0 Å². The van der Waals surface area contributed by atoms with Crippen LogP contribution in [0.5, 0.6) is 0 Å². The Bertz CT molecular complexity index is 839. The van der Waals surface area contributed by atoms with Gasteiger partial charge in [-0.05, 0) is 37.0 Å². The molecule has 320 valence electrons. The summed E-state index contributed by atoms with van der Waals surface area (Å²) in [4.78, 5) is 37.8. The zero-order chi connectivity index (χ0) is 39.9. The molecule has 0 amide bonds. The number of hydrogen-bond acceptors (Lipinski definition) is 6. The first-order valence-corrected chi connectivity index (χ1v) is 23.6. The molecule has 0 aromatic rings. The fraction of sp³-hybridized carbons (Fsp3) is 0.938. The van der Waals surface area contributed by atoms with E-state index in [0.29, 0.717) is 19.3 Å². The van der Waals surface area contributed by atoms with E-state index in [0.717, 1.165) is 75.5 Å². The van der Waals surface area contributed by atoms with Gasteiger partial charge in [0.15, 0.2) is 6.10 Å². The summed E-state index contributed by atoms with van der Waals surface area (Å²) in [5.74, 6) is 1.59. The highest BCUT2D eigenvalue weighted by Crippen LogP contribution is 2.17. The van der Waals surface area contributed by atoms with Crippen molar-refractivity contribution >= 4 is 17.9 Å². The van der Waals surface area contributed by atoms with Crippen molar-refractivity contribution in [3.8, 4) is 0 Å². The molecule has 0 N–H and O–H groups in total. The fourth-order valence-corrected chi connectivity index (χ4v) is 7.02. The molecule has 2 atom stereocenters. The third-order valence-corrected chi connectivity index (χ3v) is 11.0. The Balaban J connectivity index is 4.35. The number of carbonyl (C=O) groups excluding carboxylic acids is 3. The zero-order valence-electron chi connectivity index (χ0n) is 37.0. The van der Waals surface area contributed by atoms with E-state index in [-0.39, 0.29) is 31.1 Å². The normalized spacial score (nSPS) is 12.7. The van der Waals surface area contributed by atoms with Crippen molar-refractivity contribution in [3.63, 3.8) is 0 Å². The highest BCUT2D eigenvalue weighted by Gasteiger charge is 2.19. The number of ether oxygens (including phenoxy) is 3. The lowest BCUT2D eigenvalue weighted by Crippen LogP contribution is -2.30. The maximum atomic E-state index is 12.7. The minimum atomic E-state index is -0.762. The molecule has 0 aliphatic heterocycles. The van der Waals surface area contributed by atoms with Gasteiger partial charge < -0.3 is 14.2 Å². The molecule has 6 nitrogen and oxygen atoms in total. The molecule has 0 aromatic carbocycles. The van der Waals surface area contributed by atoms with Gasteiger partial charge in [0.05, 0.1) is 0 Å². The standard InChI is InChI=1S/C48H92O6/c1-7-44(6)36-30-24-18-13-14-19-25-31-37-46(49)52-40-45(41-53-47(50)38-32-26-21-15-17-23-29-35-43(4)5)54-48(51)39-33-27-20-12-10-8-9-11-16-22-28-34-42(2)3/h42-45H,7-41H2,1-6H3/t44?,45-/m1/s1. The molecule has 6 heteroatoms. The predicted octanol–water partition coefficient (Wildman–Crippen LogP) is 14.8. The quantitative estimate of drug-likeness (QED) is 0.0350. The predicted molar refractivity (Wildman–Crippen MR) is 229 cm³/mol. The van der Waals surface area contributed by atoms with Crippen LogP contribution in [-0.4, -0.2) is 37.2 Å². The first kappa shape index (κ1) is 52.4. The summed E-state index contributed by atoms with van der Waals surface area (Å²) in [7, 11) is 0. The molecule has 0 saturated carbocycles. The topological polar surface area (TPSA) is 78.9 Å². The highest BCUT2D eigenvalue weighted by molar-refractivity contribution is 5.71. The second-order valence-electron chi connectivity index (χ2n) is 17.6. The summed E-state index contributed by atoms with van der Waals surface area (Å²) in [6, 6.07) is 0.